The molecule has 104 valence electrons. The molecule has 0 heterocycles. The number of aliphatic hydroxyl groups is 1. The van der Waals surface area contributed by atoms with Crippen LogP contribution >= 0.6 is 0 Å². The molecule has 3 N–H and O–H groups in total. The van der Waals surface area contributed by atoms with Crippen molar-refractivity contribution < 1.29 is 14.7 Å². The van der Waals surface area contributed by atoms with E-state index in [9.17, 15) is 14.7 Å². The van der Waals surface area contributed by atoms with Crippen LogP contribution in [0.5, 0.6) is 0 Å². The van der Waals surface area contributed by atoms with Crippen molar-refractivity contribution in [2.45, 2.75) is 39.3 Å². The van der Waals surface area contributed by atoms with Crippen molar-refractivity contribution in [3.63, 3.8) is 0 Å². The van der Waals surface area contributed by atoms with E-state index in [0.29, 0.717) is 5.69 Å². The zero-order valence-corrected chi connectivity index (χ0v) is 11.7. The fraction of sp³-hybridized carbons (Fsp3) is 0.429. The lowest BCUT2D eigenvalue weighted by molar-refractivity contribution is -0.138. The van der Waals surface area contributed by atoms with Crippen LogP contribution in [0.25, 0.3) is 0 Å². The van der Waals surface area contributed by atoms with Crippen molar-refractivity contribution in [3.05, 3.63) is 29.8 Å². The smallest absolute Gasteiger partial charge is 0.313 e. The molecular formula is C14H20N2O3. The van der Waals surface area contributed by atoms with Crippen molar-refractivity contribution >= 4 is 17.5 Å². The number of anilines is 1. The Hall–Kier alpha value is -1.88. The molecule has 5 nitrogen and oxygen atoms in total. The lowest BCUT2D eigenvalue weighted by atomic mass is 9.99. The first-order valence-corrected chi connectivity index (χ1v) is 6.10. The molecule has 0 aromatic heterocycles. The number of hydrogen-bond acceptors (Lipinski definition) is 3. The van der Waals surface area contributed by atoms with E-state index in [0.717, 1.165) is 5.56 Å². The molecule has 2 amide bonds. The molecule has 0 radical (unpaired) electrons. The maximum Gasteiger partial charge on any atom is 0.313 e. The second-order valence-corrected chi connectivity index (χ2v) is 5.17. The lowest BCUT2D eigenvalue weighted by Crippen LogP contribution is -2.53. The number of carbonyl (C=O) groups excluding carboxylic acids is 2. The van der Waals surface area contributed by atoms with E-state index >= 15 is 0 Å². The fourth-order valence-electron chi connectivity index (χ4n) is 1.28. The third-order valence-electron chi connectivity index (χ3n) is 3.00. The van der Waals surface area contributed by atoms with Crippen LogP contribution in [-0.4, -0.2) is 28.6 Å². The van der Waals surface area contributed by atoms with Crippen LogP contribution in [0.2, 0.25) is 0 Å². The molecule has 5 heteroatoms. The van der Waals surface area contributed by atoms with Gasteiger partial charge in [0.05, 0.1) is 11.6 Å². The van der Waals surface area contributed by atoms with Gasteiger partial charge in [0.15, 0.2) is 0 Å². The van der Waals surface area contributed by atoms with Crippen molar-refractivity contribution in [2.24, 2.45) is 0 Å². The van der Waals surface area contributed by atoms with Crippen LogP contribution in [0.1, 0.15) is 26.3 Å². The molecule has 0 aliphatic carbocycles. The number of benzene rings is 1. The third kappa shape index (κ3) is 4.37. The normalized spacial score (nSPS) is 12.7. The van der Waals surface area contributed by atoms with Crippen molar-refractivity contribution in [3.8, 4) is 0 Å². The predicted molar refractivity (Wildman–Crippen MR) is 73.7 cm³/mol. The average molecular weight is 264 g/mol. The monoisotopic (exact) mass is 264 g/mol. The summed E-state index contributed by atoms with van der Waals surface area (Å²) in [7, 11) is 0. The van der Waals surface area contributed by atoms with Crippen LogP contribution in [0.3, 0.4) is 0 Å². The molecule has 0 aliphatic heterocycles. The Morgan fingerprint density at radius 2 is 1.68 bits per heavy atom. The van der Waals surface area contributed by atoms with Gasteiger partial charge in [0.2, 0.25) is 0 Å². The number of aliphatic hydroxyl groups excluding tert-OH is 1. The van der Waals surface area contributed by atoms with E-state index in [1.807, 2.05) is 19.1 Å². The summed E-state index contributed by atoms with van der Waals surface area (Å²) in [6, 6.07) is 7.13. The number of carbonyl (C=O) groups is 2. The minimum absolute atomic E-state index is 0.556. The van der Waals surface area contributed by atoms with E-state index in [4.69, 9.17) is 0 Å². The van der Waals surface area contributed by atoms with Gasteiger partial charge >= 0.3 is 11.8 Å². The summed E-state index contributed by atoms with van der Waals surface area (Å²) in [6.07, 6.45) is -0.761. The summed E-state index contributed by atoms with van der Waals surface area (Å²) in [5.41, 5.74) is 0.764. The maximum absolute atomic E-state index is 11.7. The van der Waals surface area contributed by atoms with Crippen molar-refractivity contribution in [2.75, 3.05) is 5.32 Å². The van der Waals surface area contributed by atoms with Crippen LogP contribution in [-0.2, 0) is 9.59 Å². The first-order valence-electron chi connectivity index (χ1n) is 6.10. The molecule has 1 unspecified atom stereocenters. The lowest BCUT2D eigenvalue weighted by Gasteiger charge is -2.28. The van der Waals surface area contributed by atoms with Gasteiger partial charge in [-0.05, 0) is 39.8 Å². The Kier molecular flexibility index (Phi) is 4.67. The third-order valence-corrected chi connectivity index (χ3v) is 3.00. The minimum atomic E-state index is -0.859. The largest absolute Gasteiger partial charge is 0.391 e. The van der Waals surface area contributed by atoms with Crippen LogP contribution < -0.4 is 10.6 Å². The van der Waals surface area contributed by atoms with Crippen LogP contribution in [0, 0.1) is 6.92 Å². The number of amides is 2. The molecule has 0 fully saturated rings. The predicted octanol–water partition coefficient (Wildman–Crippen LogP) is 1.21. The highest BCUT2D eigenvalue weighted by molar-refractivity contribution is 6.39. The SMILES string of the molecule is Cc1ccc(NC(=O)C(=O)NC(C)(C)C(C)O)cc1. The van der Waals surface area contributed by atoms with Gasteiger partial charge in [-0.15, -0.1) is 0 Å². The number of rotatable bonds is 3. The maximum atomic E-state index is 11.7. The molecule has 0 saturated heterocycles. The average Bonchev–Trinajstić information content (AvgIpc) is 2.31. The Bertz CT molecular complexity index is 464. The quantitative estimate of drug-likeness (QED) is 0.718. The van der Waals surface area contributed by atoms with Crippen molar-refractivity contribution in [1.29, 1.82) is 0 Å². The summed E-state index contributed by atoms with van der Waals surface area (Å²) in [5.74, 6) is -1.52. The van der Waals surface area contributed by atoms with E-state index in [1.54, 1.807) is 32.9 Å². The molecule has 1 rings (SSSR count). The molecule has 0 spiro atoms. The molecular weight excluding hydrogens is 244 g/mol. The zero-order valence-electron chi connectivity index (χ0n) is 11.7. The minimum Gasteiger partial charge on any atom is -0.391 e. The van der Waals surface area contributed by atoms with Gasteiger partial charge in [-0.3, -0.25) is 9.59 Å². The highest BCUT2D eigenvalue weighted by atomic mass is 16.3. The second kappa shape index (κ2) is 5.84. The summed E-state index contributed by atoms with van der Waals surface area (Å²) >= 11 is 0. The summed E-state index contributed by atoms with van der Waals surface area (Å²) < 4.78 is 0. The van der Waals surface area contributed by atoms with Gasteiger partial charge in [0, 0.05) is 5.69 Å². The molecule has 1 aromatic rings. The van der Waals surface area contributed by atoms with Gasteiger partial charge in [0.1, 0.15) is 0 Å². The van der Waals surface area contributed by atoms with Gasteiger partial charge in [-0.25, -0.2) is 0 Å². The van der Waals surface area contributed by atoms with Gasteiger partial charge < -0.3 is 15.7 Å². The van der Waals surface area contributed by atoms with Crippen molar-refractivity contribution in [1.82, 2.24) is 5.32 Å². The van der Waals surface area contributed by atoms with E-state index in [-0.39, 0.29) is 0 Å². The van der Waals surface area contributed by atoms with E-state index < -0.39 is 23.5 Å². The summed E-state index contributed by atoms with van der Waals surface area (Å²) in [5, 5.41) is 14.5. The highest BCUT2D eigenvalue weighted by Crippen LogP contribution is 2.10. The molecule has 0 bridgehead atoms. The van der Waals surface area contributed by atoms with Crippen LogP contribution in [0.15, 0.2) is 24.3 Å². The zero-order chi connectivity index (χ0) is 14.6. The van der Waals surface area contributed by atoms with Gasteiger partial charge in [-0.1, -0.05) is 17.7 Å². The summed E-state index contributed by atoms with van der Waals surface area (Å²) in [4.78, 5) is 23.4. The number of hydrogen-bond donors (Lipinski definition) is 3. The topological polar surface area (TPSA) is 78.4 Å². The highest BCUT2D eigenvalue weighted by Gasteiger charge is 2.28. The Labute approximate surface area is 113 Å². The van der Waals surface area contributed by atoms with E-state index in [1.165, 1.54) is 0 Å². The van der Waals surface area contributed by atoms with Crippen LogP contribution in [0.4, 0.5) is 5.69 Å². The molecule has 1 aromatic carbocycles. The Balaban J connectivity index is 2.63. The molecule has 0 aliphatic rings. The summed E-state index contributed by atoms with van der Waals surface area (Å²) in [6.45, 7) is 6.78. The first kappa shape index (κ1) is 15.2. The Morgan fingerprint density at radius 1 is 1.16 bits per heavy atom. The van der Waals surface area contributed by atoms with E-state index in [2.05, 4.69) is 10.6 Å². The fourth-order valence-corrected chi connectivity index (χ4v) is 1.28. The van der Waals surface area contributed by atoms with Gasteiger partial charge in [0.25, 0.3) is 0 Å². The van der Waals surface area contributed by atoms with Gasteiger partial charge in [-0.2, -0.15) is 0 Å². The Morgan fingerprint density at radius 3 is 2.16 bits per heavy atom. The second-order valence-electron chi connectivity index (χ2n) is 5.17. The molecule has 1 atom stereocenters. The first-order chi connectivity index (χ1) is 8.72. The molecule has 0 saturated carbocycles. The number of aryl methyl sites for hydroxylation is 1. The number of nitrogens with one attached hydrogen (secondary N) is 2. The molecule has 19 heavy (non-hydrogen) atoms. The standard InChI is InChI=1S/C14H20N2O3/c1-9-5-7-11(8-6-9)15-12(18)13(19)16-14(3,4)10(2)17/h5-8,10,17H,1-4H3,(H,15,18)(H,16,19).